The van der Waals surface area contributed by atoms with E-state index in [9.17, 15) is 17.6 Å². The lowest BCUT2D eigenvalue weighted by Gasteiger charge is -2.07. The molecule has 0 fully saturated rings. The van der Waals surface area contributed by atoms with E-state index in [0.29, 0.717) is 5.02 Å². The monoisotopic (exact) mass is 430 g/mol. The Morgan fingerprint density at radius 1 is 0.966 bits per heavy atom. The van der Waals surface area contributed by atoms with E-state index in [1.807, 2.05) is 0 Å². The van der Waals surface area contributed by atoms with Crippen LogP contribution in [0.1, 0.15) is 15.9 Å². The summed E-state index contributed by atoms with van der Waals surface area (Å²) in [6, 6.07) is 15.2. The molecule has 3 aromatic rings. The topological polar surface area (TPSA) is 69.7 Å². The maximum atomic E-state index is 13.0. The Bertz CT molecular complexity index is 1230. The first-order chi connectivity index (χ1) is 13.8. The van der Waals surface area contributed by atoms with Crippen LogP contribution in [0.25, 0.3) is 6.08 Å². The van der Waals surface area contributed by atoms with E-state index in [0.717, 1.165) is 29.8 Å². The summed E-state index contributed by atoms with van der Waals surface area (Å²) in [7, 11) is -4.16. The van der Waals surface area contributed by atoms with Gasteiger partial charge in [0, 0.05) is 11.1 Å². The Morgan fingerprint density at radius 2 is 1.66 bits per heavy atom. The number of hydrogen-bond acceptors (Lipinski definition) is 5. The third-order valence-corrected chi connectivity index (χ3v) is 5.63. The molecule has 0 aliphatic carbocycles. The molecule has 0 aromatic heterocycles. The molecule has 1 aliphatic rings. The average Bonchev–Trinajstić information content (AvgIpc) is 2.98. The zero-order valence-corrected chi connectivity index (χ0v) is 16.2. The normalized spacial score (nSPS) is 14.6. The summed E-state index contributed by atoms with van der Waals surface area (Å²) in [5.41, 5.74) is 1.01. The summed E-state index contributed by atoms with van der Waals surface area (Å²) in [5.74, 6) is -0.646. The molecule has 0 atom stereocenters. The highest BCUT2D eigenvalue weighted by atomic mass is 35.5. The number of halogens is 2. The average molecular weight is 431 g/mol. The summed E-state index contributed by atoms with van der Waals surface area (Å²) in [4.78, 5) is 12.3. The van der Waals surface area contributed by atoms with Crippen LogP contribution in [0.4, 0.5) is 4.39 Å². The third kappa shape index (κ3) is 4.01. The maximum absolute atomic E-state index is 13.0. The van der Waals surface area contributed by atoms with Crippen LogP contribution >= 0.6 is 11.6 Å². The van der Waals surface area contributed by atoms with Gasteiger partial charge in [-0.25, -0.2) is 4.39 Å². The van der Waals surface area contributed by atoms with Crippen molar-refractivity contribution in [3.8, 4) is 11.5 Å². The van der Waals surface area contributed by atoms with Gasteiger partial charge in [0.15, 0.2) is 5.76 Å². The SMILES string of the molecule is O=C1C(=Cc2ccc(Cl)cc2)Oc2cc(OS(=O)(=O)c3ccc(F)cc3)ccc21. The summed E-state index contributed by atoms with van der Waals surface area (Å²) in [5, 5.41) is 0.568. The number of Topliss-reactive ketones (excluding diaryl/α,β-unsaturated/α-hetero) is 1. The minimum absolute atomic E-state index is 0.0337. The Morgan fingerprint density at radius 3 is 2.34 bits per heavy atom. The minimum Gasteiger partial charge on any atom is -0.452 e. The molecule has 0 bridgehead atoms. The highest BCUT2D eigenvalue weighted by Gasteiger charge is 2.28. The second-order valence-electron chi connectivity index (χ2n) is 6.14. The van der Waals surface area contributed by atoms with Crippen LogP contribution in [-0.2, 0) is 10.1 Å². The van der Waals surface area contributed by atoms with Gasteiger partial charge in [0.2, 0.25) is 5.78 Å². The number of ether oxygens (including phenoxy) is 1. The van der Waals surface area contributed by atoms with Crippen molar-refractivity contribution in [1.29, 1.82) is 0 Å². The second-order valence-corrected chi connectivity index (χ2v) is 8.12. The lowest BCUT2D eigenvalue weighted by molar-refractivity contribution is 0.101. The lowest BCUT2D eigenvalue weighted by Crippen LogP contribution is -2.09. The van der Waals surface area contributed by atoms with Gasteiger partial charge in [-0.3, -0.25) is 4.79 Å². The van der Waals surface area contributed by atoms with Gasteiger partial charge >= 0.3 is 10.1 Å². The fourth-order valence-corrected chi connectivity index (χ4v) is 3.75. The van der Waals surface area contributed by atoms with Crippen LogP contribution in [0, 0.1) is 5.82 Å². The molecule has 5 nitrogen and oxygen atoms in total. The molecule has 3 aromatic carbocycles. The van der Waals surface area contributed by atoms with Gasteiger partial charge in [-0.2, -0.15) is 8.42 Å². The molecule has 0 saturated carbocycles. The van der Waals surface area contributed by atoms with Crippen LogP contribution in [0.15, 0.2) is 77.4 Å². The van der Waals surface area contributed by atoms with E-state index < -0.39 is 15.9 Å². The largest absolute Gasteiger partial charge is 0.452 e. The van der Waals surface area contributed by atoms with Crippen molar-refractivity contribution >= 4 is 33.6 Å². The van der Waals surface area contributed by atoms with Crippen LogP contribution in [0.5, 0.6) is 11.5 Å². The number of ketones is 1. The van der Waals surface area contributed by atoms with Gasteiger partial charge in [0.25, 0.3) is 0 Å². The van der Waals surface area contributed by atoms with E-state index in [1.54, 1.807) is 30.3 Å². The number of allylic oxidation sites excluding steroid dienone is 1. The van der Waals surface area contributed by atoms with Crippen molar-refractivity contribution in [2.24, 2.45) is 0 Å². The van der Waals surface area contributed by atoms with Gasteiger partial charge < -0.3 is 8.92 Å². The summed E-state index contributed by atoms with van der Waals surface area (Å²) in [6.07, 6.45) is 1.56. The smallest absolute Gasteiger partial charge is 0.339 e. The summed E-state index contributed by atoms with van der Waals surface area (Å²) in [6.45, 7) is 0. The predicted molar refractivity (Wildman–Crippen MR) is 105 cm³/mol. The number of fused-ring (bicyclic) bond motifs is 1. The molecule has 0 spiro atoms. The third-order valence-electron chi connectivity index (χ3n) is 4.12. The Labute approximate surface area is 171 Å². The standard InChI is InChI=1S/C21H12ClFO5S/c22-14-3-1-13(2-4-14)11-20-21(24)18-10-7-16(12-19(18)27-20)28-29(25,26)17-8-5-15(23)6-9-17/h1-12H. The molecular weight excluding hydrogens is 419 g/mol. The molecule has 1 aliphatic heterocycles. The van der Waals surface area contributed by atoms with Gasteiger partial charge in [-0.05, 0) is 60.2 Å². The Hall–Kier alpha value is -3.16. The van der Waals surface area contributed by atoms with Crippen LogP contribution in [0.2, 0.25) is 5.02 Å². The molecule has 0 N–H and O–H groups in total. The number of benzene rings is 3. The Kier molecular flexibility index (Phi) is 4.86. The van der Waals surface area contributed by atoms with Crippen molar-refractivity contribution in [3.63, 3.8) is 0 Å². The molecule has 29 heavy (non-hydrogen) atoms. The zero-order chi connectivity index (χ0) is 20.6. The first-order valence-corrected chi connectivity index (χ1v) is 10.1. The molecule has 0 amide bonds. The second kappa shape index (κ2) is 7.35. The lowest BCUT2D eigenvalue weighted by atomic mass is 10.1. The quantitative estimate of drug-likeness (QED) is 0.436. The molecule has 0 saturated heterocycles. The molecule has 1 heterocycles. The number of carbonyl (C=O) groups is 1. The van der Waals surface area contributed by atoms with Crippen LogP contribution < -0.4 is 8.92 Å². The van der Waals surface area contributed by atoms with Gasteiger partial charge in [0.1, 0.15) is 22.2 Å². The number of hydrogen-bond donors (Lipinski definition) is 0. The first-order valence-electron chi connectivity index (χ1n) is 8.36. The van der Waals surface area contributed by atoms with Gasteiger partial charge in [-0.15, -0.1) is 0 Å². The van der Waals surface area contributed by atoms with Gasteiger partial charge in [0.05, 0.1) is 5.56 Å². The van der Waals surface area contributed by atoms with E-state index in [4.69, 9.17) is 20.5 Å². The fourth-order valence-electron chi connectivity index (χ4n) is 2.71. The van der Waals surface area contributed by atoms with Crippen molar-refractivity contribution < 1.29 is 26.5 Å². The van der Waals surface area contributed by atoms with E-state index in [1.165, 1.54) is 18.2 Å². The highest BCUT2D eigenvalue weighted by Crippen LogP contribution is 2.35. The van der Waals surface area contributed by atoms with E-state index in [-0.39, 0.29) is 33.5 Å². The predicted octanol–water partition coefficient (Wildman–Crippen LogP) is 4.86. The summed E-state index contributed by atoms with van der Waals surface area (Å²) >= 11 is 5.85. The molecule has 146 valence electrons. The van der Waals surface area contributed by atoms with Crippen LogP contribution in [-0.4, -0.2) is 14.2 Å². The highest BCUT2D eigenvalue weighted by molar-refractivity contribution is 7.87. The minimum atomic E-state index is -4.16. The van der Waals surface area contributed by atoms with E-state index >= 15 is 0 Å². The number of carbonyl (C=O) groups excluding carboxylic acids is 1. The van der Waals surface area contributed by atoms with Crippen molar-refractivity contribution in [1.82, 2.24) is 0 Å². The maximum Gasteiger partial charge on any atom is 0.339 e. The first kappa shape index (κ1) is 19.2. The van der Waals surface area contributed by atoms with Crippen molar-refractivity contribution in [2.45, 2.75) is 4.90 Å². The van der Waals surface area contributed by atoms with E-state index in [2.05, 4.69) is 0 Å². The Balaban J connectivity index is 1.59. The van der Waals surface area contributed by atoms with Crippen LogP contribution in [0.3, 0.4) is 0 Å². The molecular formula is C21H12ClFO5S. The summed E-state index contributed by atoms with van der Waals surface area (Å²) < 4.78 is 48.3. The molecule has 0 unspecified atom stereocenters. The number of rotatable bonds is 4. The molecule has 4 rings (SSSR count). The molecule has 0 radical (unpaired) electrons. The van der Waals surface area contributed by atoms with Crippen molar-refractivity contribution in [2.75, 3.05) is 0 Å². The zero-order valence-electron chi connectivity index (χ0n) is 14.6. The fraction of sp³-hybridized carbons (Fsp3) is 0. The molecule has 8 heteroatoms. The van der Waals surface area contributed by atoms with Crippen molar-refractivity contribution in [3.05, 3.63) is 94.5 Å². The van der Waals surface area contributed by atoms with Gasteiger partial charge in [-0.1, -0.05) is 23.7 Å².